The zero-order chi connectivity index (χ0) is 10.7. The van der Waals surface area contributed by atoms with Gasteiger partial charge in [0.1, 0.15) is 11.9 Å². The van der Waals surface area contributed by atoms with E-state index < -0.39 is 0 Å². The first-order valence-electron chi connectivity index (χ1n) is 5.15. The van der Waals surface area contributed by atoms with Crippen LogP contribution in [0.5, 0.6) is 0 Å². The molecule has 0 spiro atoms. The molecule has 1 unspecified atom stereocenters. The summed E-state index contributed by atoms with van der Waals surface area (Å²) in [5.74, 6) is 1.11. The van der Waals surface area contributed by atoms with Crippen LogP contribution in [0.4, 0.5) is 0 Å². The number of ether oxygens (including phenoxy) is 1. The van der Waals surface area contributed by atoms with Gasteiger partial charge in [-0.2, -0.15) is 0 Å². The summed E-state index contributed by atoms with van der Waals surface area (Å²) < 4.78 is 10.5. The fourth-order valence-electron chi connectivity index (χ4n) is 1.46. The molecule has 1 aliphatic carbocycles. The molecule has 1 aromatic rings. The van der Waals surface area contributed by atoms with Crippen molar-refractivity contribution in [2.45, 2.75) is 18.9 Å². The lowest BCUT2D eigenvalue weighted by Crippen LogP contribution is -2.30. The molecular weight excluding hydrogens is 194 g/mol. The molecule has 0 radical (unpaired) electrons. The number of nitrogens with one attached hydrogen (secondary N) is 1. The molecule has 82 valence electrons. The van der Waals surface area contributed by atoms with Crippen LogP contribution in [-0.2, 0) is 9.53 Å². The summed E-state index contributed by atoms with van der Waals surface area (Å²) in [6, 6.07) is 3.65. The maximum absolute atomic E-state index is 11.4. The van der Waals surface area contributed by atoms with Gasteiger partial charge in [0.05, 0.1) is 12.8 Å². The molecule has 2 rings (SSSR count). The predicted molar refractivity (Wildman–Crippen MR) is 54.2 cm³/mol. The number of furan rings is 1. The van der Waals surface area contributed by atoms with Crippen molar-refractivity contribution in [3.05, 3.63) is 24.2 Å². The van der Waals surface area contributed by atoms with Gasteiger partial charge in [0.2, 0.25) is 5.91 Å². The average molecular weight is 209 g/mol. The van der Waals surface area contributed by atoms with E-state index in [-0.39, 0.29) is 17.9 Å². The lowest BCUT2D eigenvalue weighted by atomic mass is 10.2. The Morgan fingerprint density at radius 1 is 1.73 bits per heavy atom. The number of hydrogen-bond donors (Lipinski definition) is 1. The summed E-state index contributed by atoms with van der Waals surface area (Å²) in [4.78, 5) is 11.4. The second-order valence-corrected chi connectivity index (χ2v) is 3.76. The van der Waals surface area contributed by atoms with Crippen LogP contribution in [-0.4, -0.2) is 19.6 Å². The van der Waals surface area contributed by atoms with Crippen molar-refractivity contribution in [3.63, 3.8) is 0 Å². The molecule has 1 heterocycles. The topological polar surface area (TPSA) is 51.5 Å². The summed E-state index contributed by atoms with van der Waals surface area (Å²) in [6.45, 7) is 0.472. The highest BCUT2D eigenvalue weighted by Crippen LogP contribution is 2.29. The summed E-state index contributed by atoms with van der Waals surface area (Å²) in [5.41, 5.74) is 0. The molecule has 0 aromatic carbocycles. The summed E-state index contributed by atoms with van der Waals surface area (Å²) >= 11 is 0. The third-order valence-electron chi connectivity index (χ3n) is 2.55. The average Bonchev–Trinajstić information content (AvgIpc) is 2.97. The number of rotatable bonds is 5. The van der Waals surface area contributed by atoms with Gasteiger partial charge < -0.3 is 14.5 Å². The van der Waals surface area contributed by atoms with Gasteiger partial charge in [-0.1, -0.05) is 0 Å². The largest absolute Gasteiger partial charge is 0.467 e. The van der Waals surface area contributed by atoms with Gasteiger partial charge in [-0.3, -0.25) is 4.79 Å². The minimum Gasteiger partial charge on any atom is -0.467 e. The second kappa shape index (κ2) is 4.49. The normalized spacial score (nSPS) is 17.4. The number of amides is 1. The van der Waals surface area contributed by atoms with Crippen molar-refractivity contribution in [1.29, 1.82) is 0 Å². The van der Waals surface area contributed by atoms with Gasteiger partial charge in [-0.05, 0) is 25.0 Å². The Morgan fingerprint density at radius 3 is 3.07 bits per heavy atom. The quantitative estimate of drug-likeness (QED) is 0.799. The standard InChI is InChI=1S/C11H15NO3/c1-14-10(9-3-2-6-15-9)7-12-11(13)8-4-5-8/h2-3,6,8,10H,4-5,7H2,1H3,(H,12,13). The molecule has 0 aliphatic heterocycles. The molecule has 1 amide bonds. The Bertz CT molecular complexity index is 317. The Balaban J connectivity index is 1.83. The molecule has 1 N–H and O–H groups in total. The van der Waals surface area contributed by atoms with E-state index >= 15 is 0 Å². The van der Waals surface area contributed by atoms with Gasteiger partial charge >= 0.3 is 0 Å². The summed E-state index contributed by atoms with van der Waals surface area (Å²) in [5, 5.41) is 2.86. The number of carbonyl (C=O) groups excluding carboxylic acids is 1. The Hall–Kier alpha value is -1.29. The molecule has 0 bridgehead atoms. The highest BCUT2D eigenvalue weighted by Gasteiger charge is 2.30. The zero-order valence-electron chi connectivity index (χ0n) is 8.73. The van der Waals surface area contributed by atoms with Gasteiger partial charge in [0, 0.05) is 13.0 Å². The summed E-state index contributed by atoms with van der Waals surface area (Å²) in [7, 11) is 1.61. The third kappa shape index (κ3) is 2.59. The van der Waals surface area contributed by atoms with Crippen molar-refractivity contribution in [1.82, 2.24) is 5.32 Å². The van der Waals surface area contributed by atoms with Crippen LogP contribution in [0, 0.1) is 5.92 Å². The molecule has 1 fully saturated rings. The van der Waals surface area contributed by atoms with E-state index in [2.05, 4.69) is 5.32 Å². The minimum absolute atomic E-state index is 0.128. The van der Waals surface area contributed by atoms with Crippen molar-refractivity contribution in [2.24, 2.45) is 5.92 Å². The monoisotopic (exact) mass is 209 g/mol. The van der Waals surface area contributed by atoms with Gasteiger partial charge in [0.25, 0.3) is 0 Å². The fraction of sp³-hybridized carbons (Fsp3) is 0.545. The van der Waals surface area contributed by atoms with Crippen LogP contribution in [0.15, 0.2) is 22.8 Å². The minimum atomic E-state index is -0.192. The Kier molecular flexibility index (Phi) is 3.06. The van der Waals surface area contributed by atoms with E-state index in [9.17, 15) is 4.79 Å². The number of hydrogen-bond acceptors (Lipinski definition) is 3. The molecule has 4 nitrogen and oxygen atoms in total. The van der Waals surface area contributed by atoms with E-state index in [1.807, 2.05) is 12.1 Å². The van der Waals surface area contributed by atoms with Gasteiger partial charge in [-0.15, -0.1) is 0 Å². The van der Waals surface area contributed by atoms with Crippen LogP contribution >= 0.6 is 0 Å². The zero-order valence-corrected chi connectivity index (χ0v) is 8.73. The smallest absolute Gasteiger partial charge is 0.223 e. The summed E-state index contributed by atoms with van der Waals surface area (Å²) in [6.07, 6.45) is 3.45. The fourth-order valence-corrected chi connectivity index (χ4v) is 1.46. The highest BCUT2D eigenvalue weighted by molar-refractivity contribution is 5.80. The van der Waals surface area contributed by atoms with E-state index in [0.29, 0.717) is 6.54 Å². The van der Waals surface area contributed by atoms with E-state index in [0.717, 1.165) is 18.6 Å². The van der Waals surface area contributed by atoms with Crippen molar-refractivity contribution < 1.29 is 13.9 Å². The van der Waals surface area contributed by atoms with Crippen molar-refractivity contribution in [3.8, 4) is 0 Å². The Labute approximate surface area is 88.6 Å². The van der Waals surface area contributed by atoms with Crippen LogP contribution in [0.1, 0.15) is 24.7 Å². The van der Waals surface area contributed by atoms with E-state index in [1.165, 1.54) is 0 Å². The molecular formula is C11H15NO3. The van der Waals surface area contributed by atoms with Crippen LogP contribution in [0.25, 0.3) is 0 Å². The first-order chi connectivity index (χ1) is 7.31. The third-order valence-corrected chi connectivity index (χ3v) is 2.55. The molecule has 1 saturated carbocycles. The maximum atomic E-state index is 11.4. The second-order valence-electron chi connectivity index (χ2n) is 3.76. The molecule has 4 heteroatoms. The number of methoxy groups -OCH3 is 1. The first-order valence-corrected chi connectivity index (χ1v) is 5.15. The Morgan fingerprint density at radius 2 is 2.53 bits per heavy atom. The van der Waals surface area contributed by atoms with Gasteiger partial charge in [-0.25, -0.2) is 0 Å². The van der Waals surface area contributed by atoms with E-state index in [4.69, 9.17) is 9.15 Å². The lowest BCUT2D eigenvalue weighted by Gasteiger charge is -2.13. The van der Waals surface area contributed by atoms with Crippen molar-refractivity contribution in [2.75, 3.05) is 13.7 Å². The molecule has 1 aliphatic rings. The molecule has 15 heavy (non-hydrogen) atoms. The molecule has 1 aromatic heterocycles. The molecule has 0 saturated heterocycles. The van der Waals surface area contributed by atoms with Crippen LogP contribution in [0.2, 0.25) is 0 Å². The van der Waals surface area contributed by atoms with Crippen LogP contribution < -0.4 is 5.32 Å². The highest BCUT2D eigenvalue weighted by atomic mass is 16.5. The van der Waals surface area contributed by atoms with E-state index in [1.54, 1.807) is 13.4 Å². The van der Waals surface area contributed by atoms with Crippen LogP contribution in [0.3, 0.4) is 0 Å². The predicted octanol–water partition coefficient (Wildman–Crippen LogP) is 1.49. The van der Waals surface area contributed by atoms with Crippen molar-refractivity contribution >= 4 is 5.91 Å². The van der Waals surface area contributed by atoms with Gasteiger partial charge in [0.15, 0.2) is 0 Å². The SMILES string of the molecule is COC(CNC(=O)C1CC1)c1ccco1. The molecule has 1 atom stereocenters. The number of carbonyl (C=O) groups is 1. The lowest BCUT2D eigenvalue weighted by molar-refractivity contribution is -0.122. The maximum Gasteiger partial charge on any atom is 0.223 e. The first kappa shape index (κ1) is 10.2.